The molecule has 2 rings (SSSR count). The summed E-state index contributed by atoms with van der Waals surface area (Å²) in [5.41, 5.74) is 3.31. The Bertz CT molecular complexity index is 948. The van der Waals surface area contributed by atoms with Gasteiger partial charge in [-0.25, -0.2) is 15.2 Å². The maximum atomic E-state index is 12.9. The zero-order valence-electron chi connectivity index (χ0n) is 18.3. The van der Waals surface area contributed by atoms with Crippen LogP contribution in [0.1, 0.15) is 56.5 Å². The van der Waals surface area contributed by atoms with E-state index in [2.05, 4.69) is 5.43 Å². The highest BCUT2D eigenvalue weighted by atomic mass is 16.6. The molecular weight excluding hydrogens is 396 g/mol. The van der Waals surface area contributed by atoms with E-state index in [0.717, 1.165) is 10.6 Å². The van der Waals surface area contributed by atoms with Crippen molar-refractivity contribution < 1.29 is 23.9 Å². The van der Waals surface area contributed by atoms with Gasteiger partial charge >= 0.3 is 6.09 Å². The van der Waals surface area contributed by atoms with Crippen molar-refractivity contribution in [1.82, 2.24) is 5.43 Å². The number of rotatable bonds is 7. The van der Waals surface area contributed by atoms with Crippen molar-refractivity contribution in [2.75, 3.05) is 5.01 Å². The Labute approximate surface area is 182 Å². The largest absolute Gasteiger partial charge is 0.443 e. The molecule has 0 radical (unpaired) electrons. The van der Waals surface area contributed by atoms with Crippen LogP contribution in [0.5, 0.6) is 0 Å². The highest BCUT2D eigenvalue weighted by molar-refractivity contribution is 6.12. The third kappa shape index (κ3) is 8.04. The summed E-state index contributed by atoms with van der Waals surface area (Å²) in [6.45, 7) is 6.65. The number of hydrogen-bond donors (Lipinski definition) is 1. The number of carbonyl (C=O) groups is 4. The van der Waals surface area contributed by atoms with Crippen molar-refractivity contribution in [2.45, 2.75) is 52.6 Å². The van der Waals surface area contributed by atoms with Crippen LogP contribution in [0.25, 0.3) is 0 Å². The molecule has 0 heterocycles. The predicted octanol–water partition coefficient (Wildman–Crippen LogP) is 4.25. The van der Waals surface area contributed by atoms with Gasteiger partial charge in [-0.3, -0.25) is 9.59 Å². The van der Waals surface area contributed by atoms with Crippen LogP contribution in [0.4, 0.5) is 10.5 Å². The summed E-state index contributed by atoms with van der Waals surface area (Å²) in [6, 6.07) is 15.4. The minimum absolute atomic E-state index is 0.0682. The molecule has 0 bridgehead atoms. The van der Waals surface area contributed by atoms with Gasteiger partial charge in [0.1, 0.15) is 11.4 Å². The third-order valence-corrected chi connectivity index (χ3v) is 4.19. The van der Waals surface area contributed by atoms with Crippen molar-refractivity contribution in [2.24, 2.45) is 0 Å². The molecule has 7 heteroatoms. The number of benzene rings is 2. The van der Waals surface area contributed by atoms with E-state index in [1.165, 1.54) is 6.92 Å². The van der Waals surface area contributed by atoms with E-state index in [-0.39, 0.29) is 11.6 Å². The van der Waals surface area contributed by atoms with Gasteiger partial charge in [0.15, 0.2) is 5.78 Å². The third-order valence-electron chi connectivity index (χ3n) is 4.19. The average Bonchev–Trinajstić information content (AvgIpc) is 2.70. The summed E-state index contributed by atoms with van der Waals surface area (Å²) < 4.78 is 5.24. The zero-order valence-corrected chi connectivity index (χ0v) is 18.3. The maximum absolute atomic E-state index is 12.9. The summed E-state index contributed by atoms with van der Waals surface area (Å²) in [6.07, 6.45) is -0.330. The molecule has 0 atom stereocenters. The number of anilines is 1. The van der Waals surface area contributed by atoms with Crippen molar-refractivity contribution in [3.63, 3.8) is 0 Å². The van der Waals surface area contributed by atoms with Crippen LogP contribution in [0.15, 0.2) is 54.6 Å². The first kappa shape index (κ1) is 23.8. The van der Waals surface area contributed by atoms with Crippen molar-refractivity contribution in [3.8, 4) is 0 Å². The number of amides is 2. The number of nitrogens with one attached hydrogen (secondary N) is 1. The second-order valence-corrected chi connectivity index (χ2v) is 8.18. The van der Waals surface area contributed by atoms with Crippen LogP contribution in [-0.4, -0.2) is 29.2 Å². The first-order chi connectivity index (χ1) is 14.5. The van der Waals surface area contributed by atoms with Gasteiger partial charge in [-0.2, -0.15) is 0 Å². The number of hydrazine groups is 1. The Hall–Kier alpha value is -3.48. The number of carbonyl (C=O) groups excluding carboxylic acids is 4. The molecule has 0 aliphatic carbocycles. The van der Waals surface area contributed by atoms with Crippen LogP contribution in [0.3, 0.4) is 0 Å². The smallest absolute Gasteiger partial charge is 0.427 e. The molecule has 0 saturated carbocycles. The number of ketones is 2. The lowest BCUT2D eigenvalue weighted by atomic mass is 10.0. The Morgan fingerprint density at radius 1 is 0.968 bits per heavy atom. The van der Waals surface area contributed by atoms with Gasteiger partial charge in [-0.15, -0.1) is 0 Å². The molecule has 0 aliphatic heterocycles. The number of nitrogens with zero attached hydrogens (tertiary/aromatic N) is 1. The van der Waals surface area contributed by atoms with E-state index in [1.54, 1.807) is 69.3 Å². The van der Waals surface area contributed by atoms with Crippen LogP contribution in [-0.2, 0) is 20.7 Å². The second kappa shape index (κ2) is 10.5. The maximum Gasteiger partial charge on any atom is 0.427 e. The normalized spacial score (nSPS) is 10.8. The molecule has 2 aromatic rings. The number of hydrogen-bond acceptors (Lipinski definition) is 5. The standard InChI is InChI=1S/C24H28N2O5/c1-17(27)13-14-18-9-8-10-19(15-18)21(28)16-22(29)26(20-11-6-5-7-12-20)25-23(30)31-24(2,3)4/h5-12,15H,13-14,16H2,1-4H3,(H,25,30). The second-order valence-electron chi connectivity index (χ2n) is 8.18. The molecule has 1 N–H and O–H groups in total. The minimum atomic E-state index is -0.802. The first-order valence-electron chi connectivity index (χ1n) is 10.0. The zero-order chi connectivity index (χ0) is 23.0. The lowest BCUT2D eigenvalue weighted by Gasteiger charge is -2.26. The first-order valence-corrected chi connectivity index (χ1v) is 10.0. The quantitative estimate of drug-likeness (QED) is 0.407. The monoisotopic (exact) mass is 424 g/mol. The summed E-state index contributed by atoms with van der Waals surface area (Å²) in [5, 5.41) is 1.02. The predicted molar refractivity (Wildman–Crippen MR) is 118 cm³/mol. The fraction of sp³-hybridized carbons (Fsp3) is 0.333. The van der Waals surface area contributed by atoms with Gasteiger partial charge in [0.05, 0.1) is 12.1 Å². The van der Waals surface area contributed by atoms with E-state index >= 15 is 0 Å². The number of Topliss-reactive ketones (excluding diaryl/α,β-unsaturated/α-hetero) is 2. The highest BCUT2D eigenvalue weighted by Crippen LogP contribution is 2.16. The topological polar surface area (TPSA) is 92.8 Å². The molecule has 2 amide bonds. The van der Waals surface area contributed by atoms with E-state index in [1.807, 2.05) is 6.07 Å². The Morgan fingerprint density at radius 3 is 2.26 bits per heavy atom. The molecule has 0 aromatic heterocycles. The SMILES string of the molecule is CC(=O)CCc1cccc(C(=O)CC(=O)N(NC(=O)OC(C)(C)C)c2ccccc2)c1. The minimum Gasteiger partial charge on any atom is -0.443 e. The van der Waals surface area contributed by atoms with Crippen LogP contribution < -0.4 is 10.4 Å². The van der Waals surface area contributed by atoms with Crippen molar-refractivity contribution in [3.05, 3.63) is 65.7 Å². The van der Waals surface area contributed by atoms with Crippen LogP contribution in [0.2, 0.25) is 0 Å². The summed E-state index contributed by atoms with van der Waals surface area (Å²) >= 11 is 0. The molecule has 0 spiro atoms. The fourth-order valence-corrected chi connectivity index (χ4v) is 2.78. The van der Waals surface area contributed by atoms with E-state index < -0.39 is 24.0 Å². The van der Waals surface area contributed by atoms with Crippen LogP contribution in [0, 0.1) is 0 Å². The lowest BCUT2D eigenvalue weighted by molar-refractivity contribution is -0.118. The summed E-state index contributed by atoms with van der Waals surface area (Å²) in [5.74, 6) is -0.920. The summed E-state index contributed by atoms with van der Waals surface area (Å²) in [7, 11) is 0. The van der Waals surface area contributed by atoms with Gasteiger partial charge in [0, 0.05) is 12.0 Å². The molecule has 164 valence electrons. The molecule has 0 unspecified atom stereocenters. The van der Waals surface area contributed by atoms with E-state index in [4.69, 9.17) is 4.74 Å². The molecule has 31 heavy (non-hydrogen) atoms. The molecule has 0 fully saturated rings. The van der Waals surface area contributed by atoms with Gasteiger partial charge in [0.25, 0.3) is 5.91 Å². The van der Waals surface area contributed by atoms with Gasteiger partial charge < -0.3 is 9.53 Å². The number of ether oxygens (including phenoxy) is 1. The summed E-state index contributed by atoms with van der Waals surface area (Å²) in [4.78, 5) is 49.1. The average molecular weight is 424 g/mol. The molecule has 0 aliphatic rings. The van der Waals surface area contributed by atoms with E-state index in [9.17, 15) is 19.2 Å². The van der Waals surface area contributed by atoms with Crippen LogP contribution >= 0.6 is 0 Å². The lowest BCUT2D eigenvalue weighted by Crippen LogP contribution is -2.48. The Balaban J connectivity index is 2.16. The fourth-order valence-electron chi connectivity index (χ4n) is 2.78. The number of para-hydroxylation sites is 1. The Kier molecular flexibility index (Phi) is 8.07. The molecule has 0 saturated heterocycles. The van der Waals surface area contributed by atoms with Crippen molar-refractivity contribution >= 4 is 29.3 Å². The highest BCUT2D eigenvalue weighted by Gasteiger charge is 2.24. The van der Waals surface area contributed by atoms with Crippen molar-refractivity contribution in [1.29, 1.82) is 0 Å². The van der Waals surface area contributed by atoms with Gasteiger partial charge in [-0.05, 0) is 57.9 Å². The Morgan fingerprint density at radius 2 is 1.65 bits per heavy atom. The number of aryl methyl sites for hydroxylation is 1. The molecular formula is C24H28N2O5. The van der Waals surface area contributed by atoms with Gasteiger partial charge in [0.2, 0.25) is 0 Å². The van der Waals surface area contributed by atoms with Gasteiger partial charge in [-0.1, -0.05) is 36.4 Å². The molecule has 7 nitrogen and oxygen atoms in total. The molecule has 2 aromatic carbocycles. The van der Waals surface area contributed by atoms with E-state index in [0.29, 0.717) is 24.1 Å².